The lowest BCUT2D eigenvalue weighted by Gasteiger charge is -2.02. The van der Waals surface area contributed by atoms with Gasteiger partial charge in [-0.3, -0.25) is 0 Å². The molecule has 0 radical (unpaired) electrons. The van der Waals surface area contributed by atoms with Gasteiger partial charge in [-0.1, -0.05) is 11.6 Å². The van der Waals surface area contributed by atoms with Gasteiger partial charge in [0.15, 0.2) is 0 Å². The maximum atomic E-state index is 5.84. The van der Waals surface area contributed by atoms with Crippen molar-refractivity contribution in [3.63, 3.8) is 0 Å². The van der Waals surface area contributed by atoms with Crippen LogP contribution in [0.3, 0.4) is 0 Å². The molecule has 74 valence electrons. The monoisotopic (exact) mass is 210 g/mol. The van der Waals surface area contributed by atoms with Gasteiger partial charge in [0.05, 0.1) is 6.04 Å². The molecule has 1 aromatic heterocycles. The smallest absolute Gasteiger partial charge is 0.134 e. The van der Waals surface area contributed by atoms with E-state index in [9.17, 15) is 0 Å². The first kappa shape index (κ1) is 9.52. The van der Waals surface area contributed by atoms with Crippen LogP contribution in [-0.2, 0) is 0 Å². The van der Waals surface area contributed by atoms with Gasteiger partial charge < -0.3 is 15.9 Å². The molecule has 2 rings (SSSR count). The van der Waals surface area contributed by atoms with Crippen LogP contribution >= 0.6 is 11.6 Å². The van der Waals surface area contributed by atoms with Gasteiger partial charge >= 0.3 is 0 Å². The zero-order chi connectivity index (χ0) is 10.1. The third kappa shape index (κ3) is 1.62. The quantitative estimate of drug-likeness (QED) is 0.797. The first-order chi connectivity index (χ1) is 6.70. The normalized spacial score (nSPS) is 13.4. The largest absolute Gasteiger partial charge is 0.459 e. The number of hydrogen-bond donors (Lipinski definition) is 2. The second-order valence-electron chi connectivity index (χ2n) is 3.17. The van der Waals surface area contributed by atoms with Crippen molar-refractivity contribution in [3.8, 4) is 0 Å². The minimum absolute atomic E-state index is 0.249. The number of hydrogen-bond acceptors (Lipinski definition) is 3. The fourth-order valence-electron chi connectivity index (χ4n) is 1.33. The molecule has 1 unspecified atom stereocenters. The second kappa shape index (κ2) is 3.61. The van der Waals surface area contributed by atoms with Crippen LogP contribution in [-0.4, -0.2) is 6.54 Å². The molecule has 3 nitrogen and oxygen atoms in total. The molecule has 0 fully saturated rings. The van der Waals surface area contributed by atoms with E-state index in [1.165, 1.54) is 0 Å². The lowest BCUT2D eigenvalue weighted by atomic mass is 10.2. The SMILES string of the molecule is NCC(N)c1cc2cc(Cl)ccc2o1. The molecular formula is C10H11ClN2O. The third-order valence-corrected chi connectivity index (χ3v) is 2.35. The van der Waals surface area contributed by atoms with E-state index < -0.39 is 0 Å². The summed E-state index contributed by atoms with van der Waals surface area (Å²) in [4.78, 5) is 0. The molecule has 0 spiro atoms. The van der Waals surface area contributed by atoms with Gasteiger partial charge in [0, 0.05) is 17.0 Å². The van der Waals surface area contributed by atoms with E-state index in [1.807, 2.05) is 18.2 Å². The van der Waals surface area contributed by atoms with Crippen LogP contribution in [0, 0.1) is 0 Å². The summed E-state index contributed by atoms with van der Waals surface area (Å²) >= 11 is 5.84. The Labute approximate surface area is 86.6 Å². The highest BCUT2D eigenvalue weighted by Gasteiger charge is 2.10. The van der Waals surface area contributed by atoms with Crippen molar-refractivity contribution >= 4 is 22.6 Å². The van der Waals surface area contributed by atoms with Crippen LogP contribution in [0.5, 0.6) is 0 Å². The van der Waals surface area contributed by atoms with Crippen molar-refractivity contribution in [2.75, 3.05) is 6.54 Å². The molecule has 0 aliphatic heterocycles. The standard InChI is InChI=1S/C10H11ClN2O/c11-7-1-2-9-6(3-7)4-10(14-9)8(13)5-12/h1-4,8H,5,12-13H2. The summed E-state index contributed by atoms with van der Waals surface area (Å²) in [7, 11) is 0. The molecule has 0 bridgehead atoms. The van der Waals surface area contributed by atoms with Crippen LogP contribution < -0.4 is 11.5 Å². The van der Waals surface area contributed by atoms with Crippen molar-refractivity contribution in [2.24, 2.45) is 11.5 Å². The van der Waals surface area contributed by atoms with Crippen LogP contribution in [0.2, 0.25) is 5.02 Å². The number of halogens is 1. The Balaban J connectivity index is 2.51. The summed E-state index contributed by atoms with van der Waals surface area (Å²) in [5.41, 5.74) is 12.0. The Bertz CT molecular complexity index is 452. The van der Waals surface area contributed by atoms with Crippen molar-refractivity contribution < 1.29 is 4.42 Å². The van der Waals surface area contributed by atoms with Gasteiger partial charge in [-0.05, 0) is 24.3 Å². The van der Waals surface area contributed by atoms with Gasteiger partial charge in [-0.15, -0.1) is 0 Å². The lowest BCUT2D eigenvalue weighted by Crippen LogP contribution is -2.19. The Morgan fingerprint density at radius 1 is 1.36 bits per heavy atom. The molecule has 1 heterocycles. The zero-order valence-electron chi connectivity index (χ0n) is 7.53. The van der Waals surface area contributed by atoms with E-state index in [2.05, 4.69) is 0 Å². The number of rotatable bonds is 2. The molecule has 4 heteroatoms. The summed E-state index contributed by atoms with van der Waals surface area (Å²) in [6.45, 7) is 0.369. The number of furan rings is 1. The van der Waals surface area contributed by atoms with E-state index >= 15 is 0 Å². The van der Waals surface area contributed by atoms with Crippen molar-refractivity contribution in [1.82, 2.24) is 0 Å². The fourth-order valence-corrected chi connectivity index (χ4v) is 1.51. The predicted molar refractivity (Wildman–Crippen MR) is 57.2 cm³/mol. The van der Waals surface area contributed by atoms with Crippen molar-refractivity contribution in [1.29, 1.82) is 0 Å². The van der Waals surface area contributed by atoms with E-state index in [1.54, 1.807) is 6.07 Å². The summed E-state index contributed by atoms with van der Waals surface area (Å²) in [5.74, 6) is 0.699. The van der Waals surface area contributed by atoms with Crippen LogP contribution in [0.25, 0.3) is 11.0 Å². The summed E-state index contributed by atoms with van der Waals surface area (Å²) in [5, 5.41) is 1.64. The third-order valence-electron chi connectivity index (χ3n) is 2.12. The summed E-state index contributed by atoms with van der Waals surface area (Å²) in [6, 6.07) is 7.07. The molecule has 0 saturated heterocycles. The van der Waals surface area contributed by atoms with E-state index in [0.717, 1.165) is 11.0 Å². The highest BCUT2D eigenvalue weighted by Crippen LogP contribution is 2.25. The average molecular weight is 211 g/mol. The Hall–Kier alpha value is -1.03. The number of benzene rings is 1. The minimum Gasteiger partial charge on any atom is -0.459 e. The number of fused-ring (bicyclic) bond motifs is 1. The highest BCUT2D eigenvalue weighted by molar-refractivity contribution is 6.31. The first-order valence-corrected chi connectivity index (χ1v) is 4.73. The second-order valence-corrected chi connectivity index (χ2v) is 3.61. The van der Waals surface area contributed by atoms with Gasteiger partial charge in [0.25, 0.3) is 0 Å². The van der Waals surface area contributed by atoms with Gasteiger partial charge in [0.1, 0.15) is 11.3 Å². The van der Waals surface area contributed by atoms with Crippen molar-refractivity contribution in [2.45, 2.75) is 6.04 Å². The topological polar surface area (TPSA) is 65.2 Å². The van der Waals surface area contributed by atoms with Gasteiger partial charge in [-0.2, -0.15) is 0 Å². The molecule has 0 aliphatic carbocycles. The van der Waals surface area contributed by atoms with E-state index in [-0.39, 0.29) is 6.04 Å². The molecule has 0 saturated carbocycles. The summed E-state index contributed by atoms with van der Waals surface area (Å²) < 4.78 is 5.51. The molecule has 1 aromatic carbocycles. The molecule has 2 aromatic rings. The average Bonchev–Trinajstić information content (AvgIpc) is 2.59. The molecule has 4 N–H and O–H groups in total. The molecule has 14 heavy (non-hydrogen) atoms. The fraction of sp³-hybridized carbons (Fsp3) is 0.200. The maximum absolute atomic E-state index is 5.84. The molecule has 0 amide bonds. The molecule has 1 atom stereocenters. The lowest BCUT2D eigenvalue weighted by molar-refractivity contribution is 0.500. The minimum atomic E-state index is -0.249. The van der Waals surface area contributed by atoms with E-state index in [4.69, 9.17) is 27.5 Å². The van der Waals surface area contributed by atoms with Gasteiger partial charge in [0.2, 0.25) is 0 Å². The highest BCUT2D eigenvalue weighted by atomic mass is 35.5. The summed E-state index contributed by atoms with van der Waals surface area (Å²) in [6.07, 6.45) is 0. The zero-order valence-corrected chi connectivity index (χ0v) is 8.29. The predicted octanol–water partition coefficient (Wildman–Crippen LogP) is 2.04. The Morgan fingerprint density at radius 2 is 2.14 bits per heavy atom. The Kier molecular flexibility index (Phi) is 2.46. The van der Waals surface area contributed by atoms with Crippen LogP contribution in [0.15, 0.2) is 28.7 Å². The molecule has 0 aliphatic rings. The van der Waals surface area contributed by atoms with Gasteiger partial charge in [-0.25, -0.2) is 0 Å². The maximum Gasteiger partial charge on any atom is 0.134 e. The Morgan fingerprint density at radius 3 is 2.86 bits per heavy atom. The van der Waals surface area contributed by atoms with Crippen molar-refractivity contribution in [3.05, 3.63) is 35.0 Å². The van der Waals surface area contributed by atoms with Crippen LogP contribution in [0.4, 0.5) is 0 Å². The van der Waals surface area contributed by atoms with Crippen LogP contribution in [0.1, 0.15) is 11.8 Å². The van der Waals surface area contributed by atoms with E-state index in [0.29, 0.717) is 17.3 Å². The first-order valence-electron chi connectivity index (χ1n) is 4.35. The molecular weight excluding hydrogens is 200 g/mol. The number of nitrogens with two attached hydrogens (primary N) is 2.